The molecule has 0 unspecified atom stereocenters. The average Bonchev–Trinajstić information content (AvgIpc) is 3.05. The summed E-state index contributed by atoms with van der Waals surface area (Å²) in [6, 6.07) is 14.1. The first-order valence-corrected chi connectivity index (χ1v) is 10.7. The molecule has 3 aromatic rings. The van der Waals surface area contributed by atoms with Crippen LogP contribution in [0, 0.1) is 25.2 Å². The Kier molecular flexibility index (Phi) is 7.47. The summed E-state index contributed by atoms with van der Waals surface area (Å²) in [6.07, 6.45) is -3.14. The Morgan fingerprint density at radius 2 is 1.79 bits per heavy atom. The lowest BCUT2D eigenvalue weighted by molar-refractivity contribution is -0.137. The molecule has 0 atom stereocenters. The highest BCUT2D eigenvalue weighted by Crippen LogP contribution is 2.32. The predicted molar refractivity (Wildman–Crippen MR) is 121 cm³/mol. The third-order valence-electron chi connectivity index (χ3n) is 4.90. The monoisotopic (exact) mass is 491 g/mol. The molecule has 3 rings (SSSR count). The maximum absolute atomic E-state index is 13.1. The second kappa shape index (κ2) is 10.1. The summed E-state index contributed by atoms with van der Waals surface area (Å²) in [4.78, 5) is 12.9. The van der Waals surface area contributed by atoms with E-state index in [4.69, 9.17) is 0 Å². The van der Waals surface area contributed by atoms with Crippen molar-refractivity contribution in [3.05, 3.63) is 82.7 Å². The molecule has 0 bridgehead atoms. The summed E-state index contributed by atoms with van der Waals surface area (Å²) in [7, 11) is 0. The van der Waals surface area contributed by atoms with Crippen LogP contribution in [-0.4, -0.2) is 16.2 Å². The Hall–Kier alpha value is -3.58. The molecule has 1 amide bonds. The fourth-order valence-electron chi connectivity index (χ4n) is 3.37. The fraction of sp³-hybridized carbons (Fsp3) is 0.167. The van der Waals surface area contributed by atoms with Gasteiger partial charge >= 0.3 is 6.18 Å². The number of carbonyl (C=O) groups excluding carboxylic acids is 1. The second-order valence-electron chi connectivity index (χ2n) is 7.24. The molecule has 0 fully saturated rings. The first-order valence-electron chi connectivity index (χ1n) is 9.84. The van der Waals surface area contributed by atoms with Crippen molar-refractivity contribution in [2.75, 3.05) is 5.32 Å². The third kappa shape index (κ3) is 5.85. The van der Waals surface area contributed by atoms with E-state index in [-0.39, 0.29) is 5.57 Å². The Balaban J connectivity index is 1.87. The van der Waals surface area contributed by atoms with Gasteiger partial charge in [-0.3, -0.25) is 4.79 Å². The van der Waals surface area contributed by atoms with Gasteiger partial charge in [0.2, 0.25) is 0 Å². The van der Waals surface area contributed by atoms with E-state index in [0.717, 1.165) is 12.1 Å². The molecule has 1 aromatic heterocycles. The van der Waals surface area contributed by atoms with Crippen molar-refractivity contribution in [1.82, 2.24) is 4.57 Å². The number of nitriles is 1. The van der Waals surface area contributed by atoms with Crippen LogP contribution in [0.2, 0.25) is 0 Å². The molecule has 1 heterocycles. The molecular formula is C24H18F5N3OS. The molecule has 0 aliphatic rings. The van der Waals surface area contributed by atoms with Crippen LogP contribution < -0.4 is 5.32 Å². The van der Waals surface area contributed by atoms with Gasteiger partial charge in [0, 0.05) is 27.7 Å². The number of benzene rings is 2. The van der Waals surface area contributed by atoms with Crippen molar-refractivity contribution in [2.24, 2.45) is 0 Å². The molecule has 2 aromatic carbocycles. The number of rotatable bonds is 6. The number of carbonyl (C=O) groups is 1. The summed E-state index contributed by atoms with van der Waals surface area (Å²) in [6.45, 7) is 3.38. The Morgan fingerprint density at radius 1 is 1.12 bits per heavy atom. The Morgan fingerprint density at radius 3 is 2.38 bits per heavy atom. The van der Waals surface area contributed by atoms with Crippen molar-refractivity contribution in [3.8, 4) is 11.8 Å². The number of aromatic nitrogens is 1. The van der Waals surface area contributed by atoms with Crippen LogP contribution in [0.1, 0.15) is 22.5 Å². The number of halogens is 5. The first-order chi connectivity index (χ1) is 16.0. The van der Waals surface area contributed by atoms with Crippen LogP contribution in [-0.2, 0) is 11.0 Å². The highest BCUT2D eigenvalue weighted by molar-refractivity contribution is 7.99. The molecule has 0 aliphatic carbocycles. The maximum Gasteiger partial charge on any atom is 0.416 e. The van der Waals surface area contributed by atoms with Crippen LogP contribution in [0.5, 0.6) is 0 Å². The number of aryl methyl sites for hydroxylation is 1. The zero-order valence-electron chi connectivity index (χ0n) is 18.0. The van der Waals surface area contributed by atoms with Crippen LogP contribution >= 0.6 is 11.8 Å². The molecule has 0 radical (unpaired) electrons. The normalized spacial score (nSPS) is 12.0. The highest BCUT2D eigenvalue weighted by Gasteiger charge is 2.30. The largest absolute Gasteiger partial charge is 0.416 e. The standard InChI is InChI=1S/C24H18F5N3OS/c1-14-10-16(15(2)32(14)20-5-3-4-18(12-20)24(27,28)29)11-17(13-30)22(33)31-19-6-8-21(9-7-19)34-23(25)26/h3-12,23H,1-2H3,(H,31,33). The quantitative estimate of drug-likeness (QED) is 0.175. The average molecular weight is 491 g/mol. The SMILES string of the molecule is Cc1cc(C=C(C#N)C(=O)Nc2ccc(SC(F)F)cc2)c(C)n1-c1cccc(C(F)(F)F)c1. The number of nitrogens with one attached hydrogen (secondary N) is 1. The predicted octanol–water partition coefficient (Wildman–Crippen LogP) is 6.97. The molecule has 10 heteroatoms. The van der Waals surface area contributed by atoms with Crippen LogP contribution in [0.25, 0.3) is 11.8 Å². The number of anilines is 1. The number of thioether (sulfide) groups is 1. The number of hydrogen-bond donors (Lipinski definition) is 1. The van der Waals surface area contributed by atoms with E-state index in [1.165, 1.54) is 42.5 Å². The minimum Gasteiger partial charge on any atom is -0.321 e. The first kappa shape index (κ1) is 25.1. The Labute approximate surface area is 196 Å². The van der Waals surface area contributed by atoms with Gasteiger partial charge in [-0.05, 0) is 74.0 Å². The van der Waals surface area contributed by atoms with E-state index in [0.29, 0.717) is 45.0 Å². The second-order valence-corrected chi connectivity index (χ2v) is 8.30. The zero-order chi connectivity index (χ0) is 25.0. The van der Waals surface area contributed by atoms with Crippen molar-refractivity contribution in [1.29, 1.82) is 5.26 Å². The molecule has 176 valence electrons. The van der Waals surface area contributed by atoms with E-state index in [9.17, 15) is 32.0 Å². The molecule has 0 spiro atoms. The summed E-state index contributed by atoms with van der Waals surface area (Å²) in [5, 5.41) is 12.0. The molecule has 34 heavy (non-hydrogen) atoms. The summed E-state index contributed by atoms with van der Waals surface area (Å²) in [5.41, 5.74) is 1.26. The van der Waals surface area contributed by atoms with Gasteiger partial charge in [0.1, 0.15) is 11.6 Å². The molecule has 0 aliphatic heterocycles. The topological polar surface area (TPSA) is 57.8 Å². The Bertz CT molecular complexity index is 1270. The minimum atomic E-state index is -4.49. The molecule has 0 saturated heterocycles. The fourth-order valence-corrected chi connectivity index (χ4v) is 3.87. The van der Waals surface area contributed by atoms with Crippen LogP contribution in [0.4, 0.5) is 27.6 Å². The van der Waals surface area contributed by atoms with Crippen molar-refractivity contribution < 1.29 is 26.7 Å². The number of hydrogen-bond acceptors (Lipinski definition) is 3. The molecule has 1 N–H and O–H groups in total. The molecule has 0 saturated carbocycles. The van der Waals surface area contributed by atoms with Gasteiger partial charge in [-0.2, -0.15) is 27.2 Å². The summed E-state index contributed by atoms with van der Waals surface area (Å²) >= 11 is 0.370. The smallest absolute Gasteiger partial charge is 0.321 e. The minimum absolute atomic E-state index is 0.227. The van der Waals surface area contributed by atoms with Gasteiger partial charge in [-0.15, -0.1) is 0 Å². The van der Waals surface area contributed by atoms with Crippen LogP contribution in [0.3, 0.4) is 0 Å². The zero-order valence-corrected chi connectivity index (χ0v) is 18.8. The van der Waals surface area contributed by atoms with E-state index in [1.54, 1.807) is 24.5 Å². The van der Waals surface area contributed by atoms with Gasteiger partial charge in [0.25, 0.3) is 11.7 Å². The van der Waals surface area contributed by atoms with Crippen molar-refractivity contribution in [3.63, 3.8) is 0 Å². The molecular weight excluding hydrogens is 473 g/mol. The van der Waals surface area contributed by atoms with Gasteiger partial charge in [-0.1, -0.05) is 17.8 Å². The van der Waals surface area contributed by atoms with Gasteiger partial charge in [-0.25, -0.2) is 0 Å². The lowest BCUT2D eigenvalue weighted by atomic mass is 10.1. The van der Waals surface area contributed by atoms with Gasteiger partial charge < -0.3 is 9.88 Å². The summed E-state index contributed by atoms with van der Waals surface area (Å²) in [5.74, 6) is -3.27. The van der Waals surface area contributed by atoms with Crippen molar-refractivity contribution in [2.45, 2.75) is 30.7 Å². The lowest BCUT2D eigenvalue weighted by Gasteiger charge is -2.13. The summed E-state index contributed by atoms with van der Waals surface area (Å²) < 4.78 is 65.8. The van der Waals surface area contributed by atoms with E-state index < -0.39 is 23.4 Å². The van der Waals surface area contributed by atoms with E-state index in [2.05, 4.69) is 5.32 Å². The number of amides is 1. The van der Waals surface area contributed by atoms with E-state index >= 15 is 0 Å². The lowest BCUT2D eigenvalue weighted by Crippen LogP contribution is -2.13. The van der Waals surface area contributed by atoms with Gasteiger partial charge in [0.05, 0.1) is 5.56 Å². The van der Waals surface area contributed by atoms with Crippen LogP contribution in [0.15, 0.2) is 65.1 Å². The van der Waals surface area contributed by atoms with E-state index in [1.807, 2.05) is 6.07 Å². The third-order valence-corrected chi connectivity index (χ3v) is 5.63. The highest BCUT2D eigenvalue weighted by atomic mass is 32.2. The maximum atomic E-state index is 13.1. The molecule has 4 nitrogen and oxygen atoms in total. The van der Waals surface area contributed by atoms with Gasteiger partial charge in [0.15, 0.2) is 0 Å². The number of nitrogens with zero attached hydrogens (tertiary/aromatic N) is 2. The number of alkyl halides is 5. The van der Waals surface area contributed by atoms with Crippen molar-refractivity contribution >= 4 is 29.4 Å².